The summed E-state index contributed by atoms with van der Waals surface area (Å²) in [6, 6.07) is 18.2. The minimum Gasteiger partial charge on any atom is -0.244 e. The molecular formula is C30H43F. The van der Waals surface area contributed by atoms with Crippen LogP contribution in [0, 0.1) is 0 Å². The van der Waals surface area contributed by atoms with Crippen LogP contribution in [0.15, 0.2) is 48.5 Å². The molecule has 0 heterocycles. The van der Waals surface area contributed by atoms with Gasteiger partial charge in [0, 0.05) is 0 Å². The summed E-state index contributed by atoms with van der Waals surface area (Å²) in [4.78, 5) is 0. The van der Waals surface area contributed by atoms with Crippen molar-refractivity contribution in [1.29, 1.82) is 0 Å². The first kappa shape index (κ1) is 24.0. The van der Waals surface area contributed by atoms with E-state index in [-0.39, 0.29) is 0 Å². The second-order valence-corrected chi connectivity index (χ2v) is 9.87. The van der Waals surface area contributed by atoms with E-state index in [4.69, 9.17) is 0 Å². The molecule has 0 spiro atoms. The molecule has 1 saturated carbocycles. The summed E-state index contributed by atoms with van der Waals surface area (Å²) in [5.41, 5.74) is 4.51. The van der Waals surface area contributed by atoms with Gasteiger partial charge in [-0.15, -0.1) is 0 Å². The highest BCUT2D eigenvalue weighted by Gasteiger charge is 2.35. The maximum absolute atomic E-state index is 15.2. The minimum absolute atomic E-state index is 0.527. The second kappa shape index (κ2) is 12.4. The average Bonchev–Trinajstić information content (AvgIpc) is 2.80. The molecule has 2 aromatic carbocycles. The first-order valence-electron chi connectivity index (χ1n) is 13.0. The van der Waals surface area contributed by atoms with Crippen molar-refractivity contribution in [2.24, 2.45) is 0 Å². The molecule has 1 fully saturated rings. The van der Waals surface area contributed by atoms with Crippen molar-refractivity contribution in [3.63, 3.8) is 0 Å². The number of rotatable bonds is 12. The third-order valence-corrected chi connectivity index (χ3v) is 7.35. The first-order valence-corrected chi connectivity index (χ1v) is 13.0. The van der Waals surface area contributed by atoms with E-state index < -0.39 is 5.67 Å². The zero-order chi connectivity index (χ0) is 21.9. The molecule has 0 bridgehead atoms. The van der Waals surface area contributed by atoms with Crippen molar-refractivity contribution in [1.82, 2.24) is 0 Å². The Morgan fingerprint density at radius 2 is 1.26 bits per heavy atom. The molecule has 0 saturated heterocycles. The van der Waals surface area contributed by atoms with Gasteiger partial charge in [-0.05, 0) is 73.1 Å². The molecule has 1 aliphatic carbocycles. The van der Waals surface area contributed by atoms with Crippen molar-refractivity contribution in [3.8, 4) is 11.1 Å². The van der Waals surface area contributed by atoms with Gasteiger partial charge in [0.2, 0.25) is 0 Å². The normalized spacial score (nSPS) is 21.3. The molecule has 2 aromatic rings. The summed E-state index contributed by atoms with van der Waals surface area (Å²) in [6.07, 6.45) is 15.4. The average molecular weight is 423 g/mol. The molecule has 0 atom stereocenters. The van der Waals surface area contributed by atoms with Gasteiger partial charge in [-0.3, -0.25) is 0 Å². The van der Waals surface area contributed by atoms with Crippen LogP contribution in [0.1, 0.15) is 114 Å². The van der Waals surface area contributed by atoms with Crippen LogP contribution in [0.2, 0.25) is 0 Å². The fourth-order valence-electron chi connectivity index (χ4n) is 5.15. The molecule has 0 amide bonds. The first-order chi connectivity index (χ1) is 15.1. The predicted molar refractivity (Wildman–Crippen MR) is 134 cm³/mol. The van der Waals surface area contributed by atoms with Crippen molar-refractivity contribution in [2.45, 2.75) is 115 Å². The molecular weight excluding hydrogens is 379 g/mol. The molecule has 170 valence electrons. The summed E-state index contributed by atoms with van der Waals surface area (Å²) < 4.78 is 15.2. The summed E-state index contributed by atoms with van der Waals surface area (Å²) in [7, 11) is 0. The van der Waals surface area contributed by atoms with Gasteiger partial charge in [0.15, 0.2) is 0 Å². The van der Waals surface area contributed by atoms with Crippen LogP contribution in [-0.2, 0) is 6.42 Å². The molecule has 3 rings (SSSR count). The molecule has 0 unspecified atom stereocenters. The predicted octanol–water partition coefficient (Wildman–Crippen LogP) is 9.81. The SMILES string of the molecule is CCCCCCCC1(F)CCC(c2ccc(-c3ccc(CCCCC)cc3)cc2)CC1. The maximum Gasteiger partial charge on any atom is 0.111 e. The van der Waals surface area contributed by atoms with Crippen molar-refractivity contribution in [2.75, 3.05) is 0 Å². The Bertz CT molecular complexity index is 735. The zero-order valence-corrected chi connectivity index (χ0v) is 20.0. The van der Waals surface area contributed by atoms with Crippen molar-refractivity contribution >= 4 is 0 Å². The second-order valence-electron chi connectivity index (χ2n) is 9.87. The van der Waals surface area contributed by atoms with E-state index in [0.717, 1.165) is 38.5 Å². The van der Waals surface area contributed by atoms with Crippen LogP contribution in [0.3, 0.4) is 0 Å². The summed E-state index contributed by atoms with van der Waals surface area (Å²) in [5, 5.41) is 0. The van der Waals surface area contributed by atoms with E-state index in [1.165, 1.54) is 73.6 Å². The summed E-state index contributed by atoms with van der Waals surface area (Å²) >= 11 is 0. The zero-order valence-electron chi connectivity index (χ0n) is 20.0. The van der Waals surface area contributed by atoms with Crippen LogP contribution in [0.25, 0.3) is 11.1 Å². The highest BCUT2D eigenvalue weighted by atomic mass is 19.1. The number of hydrogen-bond donors (Lipinski definition) is 0. The molecule has 1 heteroatoms. The molecule has 31 heavy (non-hydrogen) atoms. The fourth-order valence-corrected chi connectivity index (χ4v) is 5.15. The van der Waals surface area contributed by atoms with Gasteiger partial charge in [0.25, 0.3) is 0 Å². The largest absolute Gasteiger partial charge is 0.244 e. The van der Waals surface area contributed by atoms with Gasteiger partial charge >= 0.3 is 0 Å². The Morgan fingerprint density at radius 3 is 1.87 bits per heavy atom. The Balaban J connectivity index is 1.48. The lowest BCUT2D eigenvalue weighted by Gasteiger charge is -2.34. The lowest BCUT2D eigenvalue weighted by atomic mass is 9.75. The number of hydrogen-bond acceptors (Lipinski definition) is 0. The maximum atomic E-state index is 15.2. The smallest absolute Gasteiger partial charge is 0.111 e. The lowest BCUT2D eigenvalue weighted by molar-refractivity contribution is 0.0849. The Morgan fingerprint density at radius 1 is 0.710 bits per heavy atom. The highest BCUT2D eigenvalue weighted by Crippen LogP contribution is 2.43. The van der Waals surface area contributed by atoms with E-state index in [2.05, 4.69) is 62.4 Å². The summed E-state index contributed by atoms with van der Waals surface area (Å²) in [5.74, 6) is 0.527. The highest BCUT2D eigenvalue weighted by molar-refractivity contribution is 5.64. The van der Waals surface area contributed by atoms with Gasteiger partial charge in [-0.25, -0.2) is 4.39 Å². The van der Waals surface area contributed by atoms with E-state index in [1.54, 1.807) is 0 Å². The third kappa shape index (κ3) is 7.48. The molecule has 0 aromatic heterocycles. The minimum atomic E-state index is -0.901. The Labute approximate surface area is 190 Å². The van der Waals surface area contributed by atoms with Gasteiger partial charge < -0.3 is 0 Å². The fraction of sp³-hybridized carbons (Fsp3) is 0.600. The molecule has 0 N–H and O–H groups in total. The van der Waals surface area contributed by atoms with Crippen LogP contribution >= 0.6 is 0 Å². The van der Waals surface area contributed by atoms with Crippen LogP contribution < -0.4 is 0 Å². The van der Waals surface area contributed by atoms with Gasteiger partial charge in [0.05, 0.1) is 0 Å². The number of alkyl halides is 1. The van der Waals surface area contributed by atoms with E-state index in [1.807, 2.05) is 0 Å². The van der Waals surface area contributed by atoms with Crippen LogP contribution in [0.5, 0.6) is 0 Å². The van der Waals surface area contributed by atoms with Gasteiger partial charge in [-0.1, -0.05) is 107 Å². The third-order valence-electron chi connectivity index (χ3n) is 7.35. The number of aryl methyl sites for hydroxylation is 1. The van der Waals surface area contributed by atoms with E-state index in [0.29, 0.717) is 5.92 Å². The Hall–Kier alpha value is -1.63. The molecule has 1 aliphatic rings. The topological polar surface area (TPSA) is 0 Å². The standard InChI is InChI=1S/C30H43F/c1-3-5-7-8-10-22-30(31)23-20-29(21-24-30)28-18-16-27(17-19-28)26-14-12-25(13-15-26)11-9-6-4-2/h12-19,29H,3-11,20-24H2,1-2H3. The Kier molecular flexibility index (Phi) is 9.62. The molecule has 0 nitrogen and oxygen atoms in total. The van der Waals surface area contributed by atoms with E-state index >= 15 is 4.39 Å². The summed E-state index contributed by atoms with van der Waals surface area (Å²) in [6.45, 7) is 4.49. The quantitative estimate of drug-likeness (QED) is 0.298. The van der Waals surface area contributed by atoms with Crippen molar-refractivity contribution < 1.29 is 4.39 Å². The van der Waals surface area contributed by atoms with Gasteiger partial charge in [0.1, 0.15) is 5.67 Å². The number of benzene rings is 2. The van der Waals surface area contributed by atoms with Crippen LogP contribution in [0.4, 0.5) is 4.39 Å². The van der Waals surface area contributed by atoms with Crippen molar-refractivity contribution in [3.05, 3.63) is 59.7 Å². The lowest BCUT2D eigenvalue weighted by Crippen LogP contribution is -2.28. The van der Waals surface area contributed by atoms with Gasteiger partial charge in [-0.2, -0.15) is 0 Å². The van der Waals surface area contributed by atoms with Crippen LogP contribution in [-0.4, -0.2) is 5.67 Å². The molecule has 0 radical (unpaired) electrons. The number of halogens is 1. The monoisotopic (exact) mass is 422 g/mol. The van der Waals surface area contributed by atoms with E-state index in [9.17, 15) is 0 Å². The number of unbranched alkanes of at least 4 members (excludes halogenated alkanes) is 6. The molecule has 0 aliphatic heterocycles.